The molecule has 0 saturated heterocycles. The zero-order valence-electron chi connectivity index (χ0n) is 8.93. The van der Waals surface area contributed by atoms with Crippen molar-refractivity contribution in [3.8, 4) is 0 Å². The van der Waals surface area contributed by atoms with Gasteiger partial charge in [-0.05, 0) is 27.7 Å². The quantitative estimate of drug-likeness (QED) is 0.739. The van der Waals surface area contributed by atoms with Crippen LogP contribution in [0.5, 0.6) is 0 Å². The Bertz CT molecular complexity index is 217. The molecule has 2 atom stereocenters. The van der Waals surface area contributed by atoms with Gasteiger partial charge in [0, 0.05) is 6.04 Å². The van der Waals surface area contributed by atoms with Gasteiger partial charge in [0.05, 0.1) is 4.83 Å². The number of amides is 2. The molecule has 0 rings (SSSR count). The molecule has 2 unspecified atom stereocenters. The molecule has 0 aromatic carbocycles. The third-order valence-electron chi connectivity index (χ3n) is 1.54. The predicted molar refractivity (Wildman–Crippen MR) is 59.3 cm³/mol. The first-order chi connectivity index (χ1) is 6.34. The van der Waals surface area contributed by atoms with Crippen LogP contribution in [0.1, 0.15) is 27.7 Å². The predicted octanol–water partition coefficient (Wildman–Crippen LogP) is 0.799. The van der Waals surface area contributed by atoms with Crippen LogP contribution < -0.4 is 10.6 Å². The van der Waals surface area contributed by atoms with Crippen LogP contribution in [0.3, 0.4) is 0 Å². The molecule has 2 N–H and O–H groups in total. The fourth-order valence-electron chi connectivity index (χ4n) is 0.803. The zero-order valence-corrected chi connectivity index (χ0v) is 10.5. The van der Waals surface area contributed by atoms with Crippen LogP contribution in [0.15, 0.2) is 0 Å². The Labute approximate surface area is 92.9 Å². The van der Waals surface area contributed by atoms with E-state index in [1.54, 1.807) is 13.8 Å². The Kier molecular flexibility index (Phi) is 5.76. The minimum atomic E-state index is -0.495. The average Bonchev–Trinajstić information content (AvgIpc) is 2.02. The van der Waals surface area contributed by atoms with E-state index < -0.39 is 6.04 Å². The smallest absolute Gasteiger partial charge is 0.242 e. The first-order valence-corrected chi connectivity index (χ1v) is 5.51. The van der Waals surface area contributed by atoms with E-state index in [1.807, 2.05) is 13.8 Å². The van der Waals surface area contributed by atoms with Gasteiger partial charge in [0.2, 0.25) is 11.8 Å². The molecule has 14 heavy (non-hydrogen) atoms. The number of hydrogen-bond acceptors (Lipinski definition) is 2. The van der Waals surface area contributed by atoms with Gasteiger partial charge >= 0.3 is 0 Å². The fourth-order valence-corrected chi connectivity index (χ4v) is 0.935. The van der Waals surface area contributed by atoms with Gasteiger partial charge in [-0.15, -0.1) is 0 Å². The summed E-state index contributed by atoms with van der Waals surface area (Å²) in [5.74, 6) is -0.349. The molecule has 0 aliphatic carbocycles. The molecule has 0 aromatic rings. The topological polar surface area (TPSA) is 58.2 Å². The van der Waals surface area contributed by atoms with E-state index in [0.717, 1.165) is 0 Å². The molecule has 0 bridgehead atoms. The first kappa shape index (κ1) is 13.4. The summed E-state index contributed by atoms with van der Waals surface area (Å²) in [4.78, 5) is 22.3. The van der Waals surface area contributed by atoms with Gasteiger partial charge in [0.25, 0.3) is 0 Å². The Morgan fingerprint density at radius 3 is 1.86 bits per heavy atom. The maximum absolute atomic E-state index is 11.4. The molecular weight excluding hydrogens is 248 g/mol. The summed E-state index contributed by atoms with van der Waals surface area (Å²) in [6.45, 7) is 7.12. The van der Waals surface area contributed by atoms with Gasteiger partial charge in [0.1, 0.15) is 6.04 Å². The van der Waals surface area contributed by atoms with E-state index in [2.05, 4.69) is 26.6 Å². The molecule has 4 nitrogen and oxygen atoms in total. The molecule has 2 amide bonds. The molecule has 0 saturated carbocycles. The molecule has 82 valence electrons. The normalized spacial score (nSPS) is 14.7. The number of rotatable bonds is 4. The van der Waals surface area contributed by atoms with Crippen molar-refractivity contribution in [1.29, 1.82) is 0 Å². The standard InChI is InChI=1S/C9H17BrN2O2/c1-5(2)11-9(14)7(4)12-8(13)6(3)10/h5-7H,1-4H3,(H,11,14)(H,12,13). The van der Waals surface area contributed by atoms with Crippen molar-refractivity contribution in [2.45, 2.75) is 44.6 Å². The van der Waals surface area contributed by atoms with Crippen molar-refractivity contribution < 1.29 is 9.59 Å². The summed E-state index contributed by atoms with van der Waals surface area (Å²) in [5, 5.41) is 5.30. The van der Waals surface area contributed by atoms with Crippen LogP contribution in [0.4, 0.5) is 0 Å². The second-order valence-electron chi connectivity index (χ2n) is 3.51. The lowest BCUT2D eigenvalue weighted by Gasteiger charge is -2.16. The number of halogens is 1. The third kappa shape index (κ3) is 5.21. The lowest BCUT2D eigenvalue weighted by atomic mass is 10.2. The number of nitrogens with one attached hydrogen (secondary N) is 2. The molecule has 5 heteroatoms. The number of hydrogen-bond donors (Lipinski definition) is 2. The van der Waals surface area contributed by atoms with Gasteiger partial charge in [0.15, 0.2) is 0 Å². The first-order valence-electron chi connectivity index (χ1n) is 4.59. The highest BCUT2D eigenvalue weighted by molar-refractivity contribution is 9.10. The van der Waals surface area contributed by atoms with Crippen LogP contribution in [0.25, 0.3) is 0 Å². The highest BCUT2D eigenvalue weighted by atomic mass is 79.9. The van der Waals surface area contributed by atoms with Crippen molar-refractivity contribution in [3.63, 3.8) is 0 Å². The van der Waals surface area contributed by atoms with Gasteiger partial charge in [-0.1, -0.05) is 15.9 Å². The second kappa shape index (κ2) is 6.01. The minimum absolute atomic E-state index is 0.0863. The molecule has 0 aliphatic heterocycles. The summed E-state index contributed by atoms with van der Waals surface area (Å²) in [6.07, 6.45) is 0. The second-order valence-corrected chi connectivity index (χ2v) is 4.88. The molecule has 0 spiro atoms. The minimum Gasteiger partial charge on any atom is -0.352 e. The lowest BCUT2D eigenvalue weighted by Crippen LogP contribution is -2.48. The van der Waals surface area contributed by atoms with Gasteiger partial charge in [-0.2, -0.15) is 0 Å². The van der Waals surface area contributed by atoms with E-state index in [0.29, 0.717) is 0 Å². The SMILES string of the molecule is CC(C)NC(=O)C(C)NC(=O)C(C)Br. The number of carbonyl (C=O) groups is 2. The van der Waals surface area contributed by atoms with Gasteiger partial charge < -0.3 is 10.6 Å². The zero-order chi connectivity index (χ0) is 11.3. The Morgan fingerprint density at radius 2 is 1.50 bits per heavy atom. The molecular formula is C9H17BrN2O2. The van der Waals surface area contributed by atoms with Crippen LogP contribution in [0, 0.1) is 0 Å². The average molecular weight is 265 g/mol. The summed E-state index contributed by atoms with van der Waals surface area (Å²) in [5.41, 5.74) is 0. The summed E-state index contributed by atoms with van der Waals surface area (Å²) < 4.78 is 0. The molecule has 0 aromatic heterocycles. The molecule has 0 aliphatic rings. The monoisotopic (exact) mass is 264 g/mol. The highest BCUT2D eigenvalue weighted by Gasteiger charge is 2.17. The van der Waals surface area contributed by atoms with Crippen molar-refractivity contribution in [2.75, 3.05) is 0 Å². The summed E-state index contributed by atoms with van der Waals surface area (Å²) in [6, 6.07) is -0.409. The highest BCUT2D eigenvalue weighted by Crippen LogP contribution is 1.97. The van der Waals surface area contributed by atoms with Crippen LogP contribution in [0.2, 0.25) is 0 Å². The summed E-state index contributed by atoms with van der Waals surface area (Å²) >= 11 is 3.12. The van der Waals surface area contributed by atoms with Crippen molar-refractivity contribution in [2.24, 2.45) is 0 Å². The van der Waals surface area contributed by atoms with E-state index >= 15 is 0 Å². The largest absolute Gasteiger partial charge is 0.352 e. The van der Waals surface area contributed by atoms with Crippen LogP contribution in [-0.4, -0.2) is 28.7 Å². The Morgan fingerprint density at radius 1 is 1.00 bits per heavy atom. The van der Waals surface area contributed by atoms with E-state index in [9.17, 15) is 9.59 Å². The number of carbonyl (C=O) groups excluding carboxylic acids is 2. The van der Waals surface area contributed by atoms with Gasteiger partial charge in [-0.3, -0.25) is 9.59 Å². The third-order valence-corrected chi connectivity index (χ3v) is 1.96. The Balaban J connectivity index is 4.01. The van der Waals surface area contributed by atoms with Crippen molar-refractivity contribution in [3.05, 3.63) is 0 Å². The maximum Gasteiger partial charge on any atom is 0.242 e. The van der Waals surface area contributed by atoms with Gasteiger partial charge in [-0.25, -0.2) is 0 Å². The number of alkyl halides is 1. The van der Waals surface area contributed by atoms with E-state index in [-0.39, 0.29) is 22.7 Å². The lowest BCUT2D eigenvalue weighted by molar-refractivity contribution is -0.128. The van der Waals surface area contributed by atoms with E-state index in [1.165, 1.54) is 0 Å². The van der Waals surface area contributed by atoms with Crippen molar-refractivity contribution >= 4 is 27.7 Å². The molecule has 0 heterocycles. The van der Waals surface area contributed by atoms with E-state index in [4.69, 9.17) is 0 Å². The fraction of sp³-hybridized carbons (Fsp3) is 0.778. The molecule has 0 fully saturated rings. The molecule has 0 radical (unpaired) electrons. The Hall–Kier alpha value is -0.580. The van der Waals surface area contributed by atoms with Crippen molar-refractivity contribution in [1.82, 2.24) is 10.6 Å². The van der Waals surface area contributed by atoms with Crippen LogP contribution in [-0.2, 0) is 9.59 Å². The summed E-state index contributed by atoms with van der Waals surface area (Å²) in [7, 11) is 0. The maximum atomic E-state index is 11.4. The van der Waals surface area contributed by atoms with Crippen LogP contribution >= 0.6 is 15.9 Å².